The molecule has 1 aliphatic heterocycles. The lowest BCUT2D eigenvalue weighted by Gasteiger charge is -2.29. The molecule has 0 bridgehead atoms. The van der Waals surface area contributed by atoms with E-state index in [1.54, 1.807) is 0 Å². The zero-order valence-corrected chi connectivity index (χ0v) is 21.6. The van der Waals surface area contributed by atoms with Gasteiger partial charge in [0.05, 0.1) is 0 Å². The second-order valence-electron chi connectivity index (χ2n) is 9.50. The SMILES string of the molecule is CCCCCCCCCCCCCCCCCC(=O)NCCC(=O)N[C@@H]1CNC(=O)N(C)C1=O. The Balaban J connectivity index is 1.88. The van der Waals surface area contributed by atoms with Crippen LogP contribution in [0.25, 0.3) is 0 Å². The maximum absolute atomic E-state index is 12.0. The van der Waals surface area contributed by atoms with Gasteiger partial charge in [0.2, 0.25) is 11.8 Å². The van der Waals surface area contributed by atoms with Crippen LogP contribution in [0, 0.1) is 0 Å². The molecule has 0 unspecified atom stereocenters. The van der Waals surface area contributed by atoms with Crippen molar-refractivity contribution in [1.82, 2.24) is 20.9 Å². The largest absolute Gasteiger partial charge is 0.356 e. The summed E-state index contributed by atoms with van der Waals surface area (Å²) in [7, 11) is 1.37. The molecule has 34 heavy (non-hydrogen) atoms. The van der Waals surface area contributed by atoms with Crippen LogP contribution in [0.3, 0.4) is 0 Å². The highest BCUT2D eigenvalue weighted by molar-refractivity contribution is 6.01. The number of imide groups is 1. The van der Waals surface area contributed by atoms with Crippen LogP contribution in [0.15, 0.2) is 0 Å². The first-order valence-electron chi connectivity index (χ1n) is 13.6. The summed E-state index contributed by atoms with van der Waals surface area (Å²) in [6.07, 6.45) is 20.0. The van der Waals surface area contributed by atoms with Gasteiger partial charge in [-0.25, -0.2) is 4.79 Å². The molecule has 3 N–H and O–H groups in total. The highest BCUT2D eigenvalue weighted by Gasteiger charge is 2.32. The molecule has 1 rings (SSSR count). The summed E-state index contributed by atoms with van der Waals surface area (Å²) >= 11 is 0. The van der Waals surface area contributed by atoms with E-state index in [1.807, 2.05) is 0 Å². The van der Waals surface area contributed by atoms with E-state index in [0.717, 1.165) is 17.7 Å². The van der Waals surface area contributed by atoms with E-state index in [9.17, 15) is 19.2 Å². The first-order valence-corrected chi connectivity index (χ1v) is 13.6. The molecule has 8 heteroatoms. The maximum Gasteiger partial charge on any atom is 0.323 e. The first-order chi connectivity index (χ1) is 16.5. The van der Waals surface area contributed by atoms with Crippen molar-refractivity contribution in [2.45, 2.75) is 122 Å². The van der Waals surface area contributed by atoms with Crippen LogP contribution in [-0.4, -0.2) is 54.8 Å². The van der Waals surface area contributed by atoms with Crippen molar-refractivity contribution < 1.29 is 19.2 Å². The van der Waals surface area contributed by atoms with Gasteiger partial charge in [0, 0.05) is 33.0 Å². The molecule has 0 aliphatic carbocycles. The molecule has 0 aromatic carbocycles. The van der Waals surface area contributed by atoms with Crippen LogP contribution in [0.2, 0.25) is 0 Å². The van der Waals surface area contributed by atoms with Crippen molar-refractivity contribution in [1.29, 1.82) is 0 Å². The summed E-state index contributed by atoms with van der Waals surface area (Å²) in [6, 6.07) is -1.23. The molecule has 1 aliphatic rings. The molecular weight excluding hydrogens is 432 g/mol. The van der Waals surface area contributed by atoms with Crippen molar-refractivity contribution >= 4 is 23.8 Å². The lowest BCUT2D eigenvalue weighted by molar-refractivity contribution is -0.134. The third kappa shape index (κ3) is 14.2. The molecule has 0 spiro atoms. The molecule has 8 nitrogen and oxygen atoms in total. The Morgan fingerprint density at radius 3 is 1.82 bits per heavy atom. The van der Waals surface area contributed by atoms with E-state index in [4.69, 9.17) is 0 Å². The second-order valence-corrected chi connectivity index (χ2v) is 9.50. The summed E-state index contributed by atoms with van der Waals surface area (Å²) in [5.41, 5.74) is 0. The van der Waals surface area contributed by atoms with Gasteiger partial charge in [0.1, 0.15) is 6.04 Å². The Morgan fingerprint density at radius 2 is 1.29 bits per heavy atom. The Hall–Kier alpha value is -2.12. The highest BCUT2D eigenvalue weighted by atomic mass is 16.2. The molecule has 0 aromatic heterocycles. The van der Waals surface area contributed by atoms with Crippen LogP contribution >= 0.6 is 0 Å². The number of carbonyl (C=O) groups excluding carboxylic acids is 4. The van der Waals surface area contributed by atoms with Gasteiger partial charge < -0.3 is 16.0 Å². The van der Waals surface area contributed by atoms with E-state index < -0.39 is 18.0 Å². The summed E-state index contributed by atoms with van der Waals surface area (Å²) < 4.78 is 0. The van der Waals surface area contributed by atoms with E-state index in [-0.39, 0.29) is 31.3 Å². The number of unbranched alkanes of at least 4 members (excludes halogenated alkanes) is 14. The number of urea groups is 1. The van der Waals surface area contributed by atoms with Crippen LogP contribution in [0.5, 0.6) is 0 Å². The van der Waals surface area contributed by atoms with Gasteiger partial charge in [-0.1, -0.05) is 96.8 Å². The van der Waals surface area contributed by atoms with Gasteiger partial charge in [-0.3, -0.25) is 19.3 Å². The lowest BCUT2D eigenvalue weighted by Crippen LogP contribution is -2.61. The monoisotopic (exact) mass is 480 g/mol. The zero-order chi connectivity index (χ0) is 25.0. The van der Waals surface area contributed by atoms with Crippen LogP contribution in [-0.2, 0) is 14.4 Å². The zero-order valence-electron chi connectivity index (χ0n) is 21.6. The molecule has 1 saturated heterocycles. The van der Waals surface area contributed by atoms with Crippen molar-refractivity contribution in [2.24, 2.45) is 0 Å². The van der Waals surface area contributed by atoms with Gasteiger partial charge in [0.15, 0.2) is 0 Å². The first kappa shape index (κ1) is 29.9. The number of nitrogens with zero attached hydrogens (tertiary/aromatic N) is 1. The third-order valence-electron chi connectivity index (χ3n) is 6.41. The van der Waals surface area contributed by atoms with Gasteiger partial charge in [-0.15, -0.1) is 0 Å². The van der Waals surface area contributed by atoms with Crippen molar-refractivity contribution in [3.05, 3.63) is 0 Å². The minimum Gasteiger partial charge on any atom is -0.356 e. The summed E-state index contributed by atoms with van der Waals surface area (Å²) in [5.74, 6) is -0.798. The Morgan fingerprint density at radius 1 is 0.794 bits per heavy atom. The fourth-order valence-corrected chi connectivity index (χ4v) is 4.17. The predicted molar refractivity (Wildman–Crippen MR) is 135 cm³/mol. The van der Waals surface area contributed by atoms with E-state index in [0.29, 0.717) is 6.42 Å². The number of hydrogen-bond acceptors (Lipinski definition) is 4. The van der Waals surface area contributed by atoms with Crippen molar-refractivity contribution in [3.63, 3.8) is 0 Å². The topological polar surface area (TPSA) is 108 Å². The third-order valence-corrected chi connectivity index (χ3v) is 6.41. The normalized spacial score (nSPS) is 15.8. The summed E-state index contributed by atoms with van der Waals surface area (Å²) in [6.45, 7) is 2.59. The summed E-state index contributed by atoms with van der Waals surface area (Å²) in [4.78, 5) is 48.2. The van der Waals surface area contributed by atoms with E-state index in [1.165, 1.54) is 90.5 Å². The fraction of sp³-hybridized carbons (Fsp3) is 0.846. The van der Waals surface area contributed by atoms with E-state index >= 15 is 0 Å². The van der Waals surface area contributed by atoms with Gasteiger partial charge >= 0.3 is 6.03 Å². The van der Waals surface area contributed by atoms with Crippen LogP contribution < -0.4 is 16.0 Å². The molecular formula is C26H48N4O4. The average molecular weight is 481 g/mol. The molecule has 1 fully saturated rings. The molecule has 1 heterocycles. The Bertz CT molecular complexity index is 612. The van der Waals surface area contributed by atoms with Crippen LogP contribution in [0.1, 0.15) is 116 Å². The average Bonchev–Trinajstić information content (AvgIpc) is 2.82. The summed E-state index contributed by atoms with van der Waals surface area (Å²) in [5, 5.41) is 7.89. The molecule has 0 aromatic rings. The van der Waals surface area contributed by atoms with Gasteiger partial charge in [-0.2, -0.15) is 0 Å². The van der Waals surface area contributed by atoms with Gasteiger partial charge in [0.25, 0.3) is 5.91 Å². The number of nitrogens with one attached hydrogen (secondary N) is 3. The second kappa shape index (κ2) is 19.2. The standard InChI is InChI=1S/C26H48N4O4/c1-3-4-5-6-7-8-9-10-11-12-13-14-15-16-17-18-23(31)27-20-19-24(32)29-22-21-28-26(34)30(2)25(22)33/h22H,3-21H2,1-2H3,(H,27,31)(H,28,34)(H,29,32)/t22-/m1/s1. The molecule has 0 radical (unpaired) electrons. The maximum atomic E-state index is 12.0. The Labute approximate surface area is 206 Å². The molecule has 5 amide bonds. The predicted octanol–water partition coefficient (Wildman–Crippen LogP) is 4.42. The minimum atomic E-state index is -0.758. The number of hydrogen-bond donors (Lipinski definition) is 3. The molecule has 0 saturated carbocycles. The number of carbonyl (C=O) groups is 4. The lowest BCUT2D eigenvalue weighted by atomic mass is 10.0. The van der Waals surface area contributed by atoms with Crippen molar-refractivity contribution in [2.75, 3.05) is 20.1 Å². The van der Waals surface area contributed by atoms with Crippen LogP contribution in [0.4, 0.5) is 4.79 Å². The quantitative estimate of drug-likeness (QED) is 0.224. The smallest absolute Gasteiger partial charge is 0.323 e. The highest BCUT2D eigenvalue weighted by Crippen LogP contribution is 2.13. The minimum absolute atomic E-state index is 0.0387. The van der Waals surface area contributed by atoms with Crippen molar-refractivity contribution in [3.8, 4) is 0 Å². The number of rotatable bonds is 20. The molecule has 196 valence electrons. The number of likely N-dealkylation sites (N-methyl/N-ethyl adjacent to an activating group) is 1. The fourth-order valence-electron chi connectivity index (χ4n) is 4.17. The van der Waals surface area contributed by atoms with Gasteiger partial charge in [-0.05, 0) is 6.42 Å². The molecule has 1 atom stereocenters. The number of amides is 5. The Kier molecular flexibility index (Phi) is 16.9. The van der Waals surface area contributed by atoms with E-state index in [2.05, 4.69) is 22.9 Å².